The monoisotopic (exact) mass is 231 g/mol. The molecule has 2 aliphatic rings. The van der Waals surface area contributed by atoms with Gasteiger partial charge in [-0.3, -0.25) is 14.5 Å². The molecule has 0 saturated carbocycles. The van der Waals surface area contributed by atoms with Crippen LogP contribution in [-0.2, 0) is 4.74 Å². The molecule has 1 fully saturated rings. The lowest BCUT2D eigenvalue weighted by atomic mass is 9.99. The molecule has 4 heteroatoms. The zero-order valence-corrected chi connectivity index (χ0v) is 9.82. The Labute approximate surface area is 99.2 Å². The average molecular weight is 231 g/mol. The lowest BCUT2D eigenvalue weighted by Gasteiger charge is -2.11. The Bertz CT molecular complexity index is 532. The Morgan fingerprint density at radius 2 is 2.00 bits per heavy atom. The largest absolute Gasteiger partial charge is 0.371 e. The minimum atomic E-state index is -0.191. The average Bonchev–Trinajstić information content (AvgIpc) is 3.07. The first kappa shape index (κ1) is 10.5. The molecule has 1 atom stereocenters. The molecule has 0 aliphatic carbocycles. The molecule has 1 aromatic carbocycles. The van der Waals surface area contributed by atoms with Crippen molar-refractivity contribution in [2.45, 2.75) is 20.0 Å². The van der Waals surface area contributed by atoms with Crippen molar-refractivity contribution in [1.82, 2.24) is 4.90 Å². The summed E-state index contributed by atoms with van der Waals surface area (Å²) in [7, 11) is 0. The summed E-state index contributed by atoms with van der Waals surface area (Å²) in [6.45, 7) is 4.85. The zero-order valence-electron chi connectivity index (χ0n) is 9.82. The maximum absolute atomic E-state index is 12.2. The van der Waals surface area contributed by atoms with E-state index in [0.717, 1.165) is 11.1 Å². The molecule has 88 valence electrons. The molecule has 17 heavy (non-hydrogen) atoms. The number of amides is 2. The van der Waals surface area contributed by atoms with Gasteiger partial charge in [0.15, 0.2) is 0 Å². The Hall–Kier alpha value is -1.68. The molecule has 0 bridgehead atoms. The van der Waals surface area contributed by atoms with Gasteiger partial charge in [0.05, 0.1) is 30.4 Å². The Kier molecular flexibility index (Phi) is 2.10. The van der Waals surface area contributed by atoms with Crippen LogP contribution < -0.4 is 0 Å². The highest BCUT2D eigenvalue weighted by Gasteiger charge is 2.40. The number of rotatable bonds is 2. The van der Waals surface area contributed by atoms with Crippen LogP contribution in [0.5, 0.6) is 0 Å². The fraction of sp³-hybridized carbons (Fsp3) is 0.385. The first-order valence-corrected chi connectivity index (χ1v) is 5.67. The molecule has 0 N–H and O–H groups in total. The van der Waals surface area contributed by atoms with Crippen molar-refractivity contribution in [2.24, 2.45) is 0 Å². The van der Waals surface area contributed by atoms with Gasteiger partial charge in [0, 0.05) is 0 Å². The number of hydrogen-bond acceptors (Lipinski definition) is 3. The molecule has 2 amide bonds. The van der Waals surface area contributed by atoms with Gasteiger partial charge in [0.25, 0.3) is 11.8 Å². The lowest BCUT2D eigenvalue weighted by molar-refractivity contribution is 0.0642. The molecule has 0 spiro atoms. The van der Waals surface area contributed by atoms with Crippen molar-refractivity contribution in [3.8, 4) is 0 Å². The van der Waals surface area contributed by atoms with Crippen molar-refractivity contribution in [1.29, 1.82) is 0 Å². The van der Waals surface area contributed by atoms with E-state index < -0.39 is 0 Å². The molecule has 1 saturated heterocycles. The number of imide groups is 1. The van der Waals surface area contributed by atoms with E-state index in [4.69, 9.17) is 4.74 Å². The number of aryl methyl sites for hydroxylation is 1. The predicted octanol–water partition coefficient (Wildman–Crippen LogP) is 1.30. The number of carbonyl (C=O) groups is 2. The highest BCUT2D eigenvalue weighted by Crippen LogP contribution is 2.28. The molecule has 4 nitrogen and oxygen atoms in total. The summed E-state index contributed by atoms with van der Waals surface area (Å²) in [6, 6.07) is 3.63. The Balaban J connectivity index is 2.04. The van der Waals surface area contributed by atoms with E-state index in [9.17, 15) is 9.59 Å². The third kappa shape index (κ3) is 1.48. The molecular weight excluding hydrogens is 218 g/mol. The number of ether oxygens (including phenoxy) is 1. The summed E-state index contributed by atoms with van der Waals surface area (Å²) < 4.78 is 5.07. The molecule has 1 unspecified atom stereocenters. The van der Waals surface area contributed by atoms with Crippen LogP contribution in [0.15, 0.2) is 12.1 Å². The van der Waals surface area contributed by atoms with Crippen molar-refractivity contribution >= 4 is 11.8 Å². The molecular formula is C13H13NO3. The Morgan fingerprint density at radius 1 is 1.29 bits per heavy atom. The molecule has 2 aliphatic heterocycles. The quantitative estimate of drug-likeness (QED) is 0.569. The Morgan fingerprint density at radius 3 is 2.65 bits per heavy atom. The van der Waals surface area contributed by atoms with Crippen LogP contribution in [0.1, 0.15) is 31.8 Å². The summed E-state index contributed by atoms with van der Waals surface area (Å²) in [5.74, 6) is -0.370. The van der Waals surface area contributed by atoms with Crippen LogP contribution in [0.25, 0.3) is 0 Å². The van der Waals surface area contributed by atoms with Gasteiger partial charge >= 0.3 is 0 Å². The highest BCUT2D eigenvalue weighted by atomic mass is 16.6. The second-order valence-corrected chi connectivity index (χ2v) is 4.61. The fourth-order valence-electron chi connectivity index (χ4n) is 2.19. The summed E-state index contributed by atoms with van der Waals surface area (Å²) >= 11 is 0. The first-order chi connectivity index (χ1) is 8.09. The number of epoxide rings is 1. The third-order valence-electron chi connectivity index (χ3n) is 3.46. The fourth-order valence-corrected chi connectivity index (χ4v) is 2.19. The van der Waals surface area contributed by atoms with Gasteiger partial charge in [-0.15, -0.1) is 0 Å². The van der Waals surface area contributed by atoms with Gasteiger partial charge in [-0.05, 0) is 31.0 Å². The van der Waals surface area contributed by atoms with E-state index in [1.54, 1.807) is 6.07 Å². The second-order valence-electron chi connectivity index (χ2n) is 4.61. The second kappa shape index (κ2) is 3.40. The van der Waals surface area contributed by atoms with Crippen LogP contribution in [-0.4, -0.2) is 36.0 Å². The van der Waals surface area contributed by atoms with Gasteiger partial charge in [0.1, 0.15) is 0 Å². The van der Waals surface area contributed by atoms with Gasteiger partial charge in [-0.2, -0.15) is 0 Å². The maximum atomic E-state index is 12.2. The van der Waals surface area contributed by atoms with Crippen LogP contribution in [0, 0.1) is 13.8 Å². The third-order valence-corrected chi connectivity index (χ3v) is 3.46. The van der Waals surface area contributed by atoms with Crippen LogP contribution in [0.3, 0.4) is 0 Å². The highest BCUT2D eigenvalue weighted by molar-refractivity contribution is 6.22. The van der Waals surface area contributed by atoms with E-state index in [1.165, 1.54) is 4.90 Å². The van der Waals surface area contributed by atoms with Crippen LogP contribution in [0.2, 0.25) is 0 Å². The van der Waals surface area contributed by atoms with Crippen molar-refractivity contribution < 1.29 is 14.3 Å². The number of fused-ring (bicyclic) bond motifs is 1. The van der Waals surface area contributed by atoms with E-state index >= 15 is 0 Å². The van der Waals surface area contributed by atoms with Crippen molar-refractivity contribution in [3.63, 3.8) is 0 Å². The molecule has 0 radical (unpaired) electrons. The summed E-state index contributed by atoms with van der Waals surface area (Å²) in [5, 5.41) is 0. The number of nitrogens with zero attached hydrogens (tertiary/aromatic N) is 1. The van der Waals surface area contributed by atoms with Crippen molar-refractivity contribution in [3.05, 3.63) is 34.4 Å². The topological polar surface area (TPSA) is 49.9 Å². The number of carbonyl (C=O) groups excluding carboxylic acids is 2. The minimum absolute atomic E-state index is 0.0404. The van der Waals surface area contributed by atoms with Crippen molar-refractivity contribution in [2.75, 3.05) is 13.2 Å². The van der Waals surface area contributed by atoms with Crippen LogP contribution in [0.4, 0.5) is 0 Å². The van der Waals surface area contributed by atoms with Gasteiger partial charge in [-0.25, -0.2) is 0 Å². The smallest absolute Gasteiger partial charge is 0.261 e. The lowest BCUT2D eigenvalue weighted by Crippen LogP contribution is -2.33. The number of benzene rings is 1. The SMILES string of the molecule is Cc1ccc2c(c1C)C(=O)N(CC1CO1)C2=O. The van der Waals surface area contributed by atoms with E-state index in [0.29, 0.717) is 24.3 Å². The first-order valence-electron chi connectivity index (χ1n) is 5.67. The molecule has 1 aromatic rings. The maximum Gasteiger partial charge on any atom is 0.261 e. The molecule has 0 aromatic heterocycles. The summed E-state index contributed by atoms with van der Waals surface area (Å²) in [6.07, 6.45) is 0.0404. The van der Waals surface area contributed by atoms with E-state index in [-0.39, 0.29) is 17.9 Å². The van der Waals surface area contributed by atoms with E-state index in [1.807, 2.05) is 19.9 Å². The van der Waals surface area contributed by atoms with Gasteiger partial charge in [-0.1, -0.05) is 6.07 Å². The predicted molar refractivity (Wildman–Crippen MR) is 61.0 cm³/mol. The van der Waals surface area contributed by atoms with Crippen LogP contribution >= 0.6 is 0 Å². The van der Waals surface area contributed by atoms with Gasteiger partial charge < -0.3 is 4.74 Å². The standard InChI is InChI=1S/C13H13NO3/c1-7-3-4-10-11(8(7)2)13(16)14(12(10)15)5-9-6-17-9/h3-4,9H,5-6H2,1-2H3. The summed E-state index contributed by atoms with van der Waals surface area (Å²) in [5.41, 5.74) is 3.03. The zero-order chi connectivity index (χ0) is 12.2. The molecule has 2 heterocycles. The minimum Gasteiger partial charge on any atom is -0.371 e. The molecule has 3 rings (SSSR count). The van der Waals surface area contributed by atoms with E-state index in [2.05, 4.69) is 0 Å². The number of hydrogen-bond donors (Lipinski definition) is 0. The van der Waals surface area contributed by atoms with Gasteiger partial charge in [0.2, 0.25) is 0 Å². The summed E-state index contributed by atoms with van der Waals surface area (Å²) in [4.78, 5) is 25.6. The normalized spacial score (nSPS) is 22.0.